The van der Waals surface area contributed by atoms with E-state index >= 15 is 0 Å². The number of aryl methyl sites for hydroxylation is 1. The zero-order chi connectivity index (χ0) is 14.6. The van der Waals surface area contributed by atoms with Crippen LogP contribution in [0.1, 0.15) is 77.4 Å². The van der Waals surface area contributed by atoms with Gasteiger partial charge in [-0.3, -0.25) is 0 Å². The molecule has 1 saturated carbocycles. The van der Waals surface area contributed by atoms with Gasteiger partial charge in [-0.1, -0.05) is 32.9 Å². The highest BCUT2D eigenvalue weighted by Crippen LogP contribution is 2.41. The molecule has 1 aliphatic carbocycles. The fourth-order valence-electron chi connectivity index (χ4n) is 2.82. The number of nitrogens with one attached hydrogen (secondary N) is 1. The molecule has 4 heteroatoms. The molecule has 20 heavy (non-hydrogen) atoms. The van der Waals surface area contributed by atoms with Crippen LogP contribution in [-0.4, -0.2) is 22.7 Å². The van der Waals surface area contributed by atoms with E-state index in [1.807, 2.05) is 0 Å². The maximum Gasteiger partial charge on any atom is 0.226 e. The summed E-state index contributed by atoms with van der Waals surface area (Å²) >= 11 is 0. The molecule has 0 saturated heterocycles. The minimum absolute atomic E-state index is 0.492. The molecule has 0 amide bonds. The Labute approximate surface area is 122 Å². The summed E-state index contributed by atoms with van der Waals surface area (Å²) in [5.41, 5.74) is 0.492. The van der Waals surface area contributed by atoms with E-state index in [9.17, 15) is 0 Å². The number of hydrogen-bond acceptors (Lipinski definition) is 4. The Morgan fingerprint density at radius 3 is 2.65 bits per heavy atom. The first kappa shape index (κ1) is 15.5. The van der Waals surface area contributed by atoms with Gasteiger partial charge in [-0.25, -0.2) is 0 Å². The van der Waals surface area contributed by atoms with Gasteiger partial charge in [0.1, 0.15) is 0 Å². The Morgan fingerprint density at radius 1 is 1.30 bits per heavy atom. The summed E-state index contributed by atoms with van der Waals surface area (Å²) in [7, 11) is 0. The zero-order valence-electron chi connectivity index (χ0n) is 13.4. The standard InChI is InChI=1S/C16H29N3O/c1-12(2)17-11-5-6-14-18-15(19-20-14)13-7-9-16(3,4)10-8-13/h12-13,17H,5-11H2,1-4H3. The molecule has 1 aromatic rings. The van der Waals surface area contributed by atoms with Gasteiger partial charge in [0.25, 0.3) is 0 Å². The van der Waals surface area contributed by atoms with Gasteiger partial charge in [0.15, 0.2) is 5.82 Å². The highest BCUT2D eigenvalue weighted by Gasteiger charge is 2.30. The maximum atomic E-state index is 5.39. The monoisotopic (exact) mass is 279 g/mol. The average molecular weight is 279 g/mol. The third kappa shape index (κ3) is 4.58. The predicted molar refractivity (Wildman–Crippen MR) is 80.7 cm³/mol. The molecule has 114 valence electrons. The normalized spacial score (nSPS) is 19.6. The minimum Gasteiger partial charge on any atom is -0.339 e. The Kier molecular flexibility index (Phi) is 5.19. The van der Waals surface area contributed by atoms with Crippen molar-refractivity contribution in [2.75, 3.05) is 6.54 Å². The molecule has 0 bridgehead atoms. The van der Waals surface area contributed by atoms with Crippen molar-refractivity contribution < 1.29 is 4.52 Å². The van der Waals surface area contributed by atoms with Crippen molar-refractivity contribution in [3.63, 3.8) is 0 Å². The summed E-state index contributed by atoms with van der Waals surface area (Å²) in [5, 5.41) is 7.60. The Morgan fingerprint density at radius 2 is 2.00 bits per heavy atom. The third-order valence-electron chi connectivity index (χ3n) is 4.31. The molecule has 1 aromatic heterocycles. The van der Waals surface area contributed by atoms with Gasteiger partial charge >= 0.3 is 0 Å². The summed E-state index contributed by atoms with van der Waals surface area (Å²) in [6.45, 7) is 10.0. The molecule has 1 aliphatic rings. The molecule has 2 rings (SSSR count). The van der Waals surface area contributed by atoms with E-state index < -0.39 is 0 Å². The molecule has 0 atom stereocenters. The van der Waals surface area contributed by atoms with Gasteiger partial charge in [-0.2, -0.15) is 4.98 Å². The van der Waals surface area contributed by atoms with E-state index in [0.29, 0.717) is 17.4 Å². The number of aromatic nitrogens is 2. The molecule has 0 aliphatic heterocycles. The van der Waals surface area contributed by atoms with Crippen molar-refractivity contribution in [2.24, 2.45) is 5.41 Å². The summed E-state index contributed by atoms with van der Waals surface area (Å²) in [4.78, 5) is 4.59. The smallest absolute Gasteiger partial charge is 0.226 e. The summed E-state index contributed by atoms with van der Waals surface area (Å²) in [6.07, 6.45) is 6.85. The number of rotatable bonds is 6. The predicted octanol–water partition coefficient (Wildman–Crippen LogP) is 3.68. The molecule has 1 fully saturated rings. The van der Waals surface area contributed by atoms with E-state index in [0.717, 1.165) is 31.1 Å². The van der Waals surface area contributed by atoms with Crippen molar-refractivity contribution in [2.45, 2.75) is 78.2 Å². The first-order valence-corrected chi connectivity index (χ1v) is 8.02. The first-order valence-electron chi connectivity index (χ1n) is 8.02. The Hall–Kier alpha value is -0.900. The molecular formula is C16H29N3O. The lowest BCUT2D eigenvalue weighted by molar-refractivity contribution is 0.218. The summed E-state index contributed by atoms with van der Waals surface area (Å²) in [5.74, 6) is 2.25. The zero-order valence-corrected chi connectivity index (χ0v) is 13.4. The van der Waals surface area contributed by atoms with Crippen LogP contribution >= 0.6 is 0 Å². The van der Waals surface area contributed by atoms with Crippen LogP contribution in [-0.2, 0) is 6.42 Å². The van der Waals surface area contributed by atoms with Crippen molar-refractivity contribution in [1.82, 2.24) is 15.5 Å². The van der Waals surface area contributed by atoms with Crippen LogP contribution in [0.3, 0.4) is 0 Å². The lowest BCUT2D eigenvalue weighted by atomic mass is 9.73. The largest absolute Gasteiger partial charge is 0.339 e. The van der Waals surface area contributed by atoms with Gasteiger partial charge in [0.05, 0.1) is 0 Å². The maximum absolute atomic E-state index is 5.39. The Bertz CT molecular complexity index is 402. The van der Waals surface area contributed by atoms with Crippen LogP contribution in [0.5, 0.6) is 0 Å². The lowest BCUT2D eigenvalue weighted by Crippen LogP contribution is -2.23. The van der Waals surface area contributed by atoms with Crippen LogP contribution in [0.4, 0.5) is 0 Å². The van der Waals surface area contributed by atoms with Gasteiger partial charge in [0, 0.05) is 18.4 Å². The summed E-state index contributed by atoms with van der Waals surface area (Å²) < 4.78 is 5.39. The fraction of sp³-hybridized carbons (Fsp3) is 0.875. The van der Waals surface area contributed by atoms with Gasteiger partial charge in [-0.05, 0) is 44.1 Å². The molecule has 1 N–H and O–H groups in total. The second-order valence-corrected chi connectivity index (χ2v) is 7.20. The van der Waals surface area contributed by atoms with Gasteiger partial charge in [0.2, 0.25) is 5.89 Å². The molecular weight excluding hydrogens is 250 g/mol. The second-order valence-electron chi connectivity index (χ2n) is 7.20. The number of nitrogens with zero attached hydrogens (tertiary/aromatic N) is 2. The molecule has 0 aromatic carbocycles. The minimum atomic E-state index is 0.492. The Balaban J connectivity index is 1.77. The van der Waals surface area contributed by atoms with Crippen molar-refractivity contribution >= 4 is 0 Å². The van der Waals surface area contributed by atoms with Gasteiger partial charge in [-0.15, -0.1) is 0 Å². The van der Waals surface area contributed by atoms with Crippen LogP contribution in [0, 0.1) is 5.41 Å². The fourth-order valence-corrected chi connectivity index (χ4v) is 2.82. The van der Waals surface area contributed by atoms with E-state index in [1.54, 1.807) is 0 Å². The molecule has 4 nitrogen and oxygen atoms in total. The van der Waals surface area contributed by atoms with E-state index in [1.165, 1.54) is 25.7 Å². The average Bonchev–Trinajstić information content (AvgIpc) is 2.83. The van der Waals surface area contributed by atoms with Crippen molar-refractivity contribution in [3.05, 3.63) is 11.7 Å². The first-order chi connectivity index (χ1) is 9.46. The molecule has 0 radical (unpaired) electrons. The number of hydrogen-bond donors (Lipinski definition) is 1. The van der Waals surface area contributed by atoms with Crippen LogP contribution in [0.15, 0.2) is 4.52 Å². The highest BCUT2D eigenvalue weighted by atomic mass is 16.5. The lowest BCUT2D eigenvalue weighted by Gasteiger charge is -2.32. The van der Waals surface area contributed by atoms with Crippen molar-refractivity contribution in [1.29, 1.82) is 0 Å². The molecule has 0 unspecified atom stereocenters. The van der Waals surface area contributed by atoms with E-state index in [2.05, 4.69) is 43.2 Å². The quantitative estimate of drug-likeness (QED) is 0.807. The highest BCUT2D eigenvalue weighted by molar-refractivity contribution is 4.99. The molecule has 0 spiro atoms. The van der Waals surface area contributed by atoms with Crippen LogP contribution in [0.2, 0.25) is 0 Å². The summed E-state index contributed by atoms with van der Waals surface area (Å²) in [6, 6.07) is 0.541. The topological polar surface area (TPSA) is 51.0 Å². The van der Waals surface area contributed by atoms with Gasteiger partial charge < -0.3 is 9.84 Å². The van der Waals surface area contributed by atoms with Crippen molar-refractivity contribution in [3.8, 4) is 0 Å². The van der Waals surface area contributed by atoms with Crippen LogP contribution < -0.4 is 5.32 Å². The van der Waals surface area contributed by atoms with Crippen LogP contribution in [0.25, 0.3) is 0 Å². The SMILES string of the molecule is CC(C)NCCCc1nc(C2CCC(C)(C)CC2)no1. The third-order valence-corrected chi connectivity index (χ3v) is 4.31. The van der Waals surface area contributed by atoms with E-state index in [4.69, 9.17) is 4.52 Å². The molecule has 1 heterocycles. The van der Waals surface area contributed by atoms with E-state index in [-0.39, 0.29) is 0 Å². The second kappa shape index (κ2) is 6.70.